The van der Waals surface area contributed by atoms with Crippen LogP contribution in [-0.2, 0) is 11.3 Å². The average molecular weight is 502 g/mol. The zero-order chi connectivity index (χ0) is 21.8. The summed E-state index contributed by atoms with van der Waals surface area (Å²) < 4.78 is 1.95. The highest BCUT2D eigenvalue weighted by Crippen LogP contribution is 2.33. The molecule has 30 heavy (non-hydrogen) atoms. The van der Waals surface area contributed by atoms with E-state index in [1.54, 1.807) is 17.4 Å². The highest BCUT2D eigenvalue weighted by Gasteiger charge is 2.17. The van der Waals surface area contributed by atoms with E-state index in [0.717, 1.165) is 11.4 Å². The van der Waals surface area contributed by atoms with Crippen molar-refractivity contribution in [3.05, 3.63) is 56.2 Å². The van der Waals surface area contributed by atoms with Crippen LogP contribution < -0.4 is 5.32 Å². The Morgan fingerprint density at radius 3 is 2.63 bits per heavy atom. The van der Waals surface area contributed by atoms with Crippen LogP contribution in [0.25, 0.3) is 11.4 Å². The van der Waals surface area contributed by atoms with Crippen molar-refractivity contribution in [2.45, 2.75) is 31.5 Å². The highest BCUT2D eigenvalue weighted by molar-refractivity contribution is 7.99. The minimum atomic E-state index is -0.243. The van der Waals surface area contributed by atoms with Crippen molar-refractivity contribution in [2.75, 3.05) is 11.1 Å². The number of rotatable bonds is 8. The lowest BCUT2D eigenvalue weighted by atomic mass is 10.1. The van der Waals surface area contributed by atoms with E-state index in [1.807, 2.05) is 4.57 Å². The Labute approximate surface area is 198 Å². The Kier molecular flexibility index (Phi) is 7.87. The SMILES string of the molecule is C=CCn1c(SCC(=O)Nc2cc(Cl)c(Cl)cc2Cl)nnc1-c1csc(C(C)C)c1. The van der Waals surface area contributed by atoms with Crippen molar-refractivity contribution in [1.82, 2.24) is 14.8 Å². The number of halogens is 3. The van der Waals surface area contributed by atoms with E-state index in [2.05, 4.69) is 47.4 Å². The third-order valence-corrected chi connectivity index (χ3v) is 7.33. The number of thioether (sulfide) groups is 1. The van der Waals surface area contributed by atoms with E-state index in [9.17, 15) is 4.79 Å². The maximum absolute atomic E-state index is 12.4. The summed E-state index contributed by atoms with van der Waals surface area (Å²) >= 11 is 21.0. The summed E-state index contributed by atoms with van der Waals surface area (Å²) in [6.45, 7) is 8.67. The molecule has 0 aliphatic rings. The van der Waals surface area contributed by atoms with Gasteiger partial charge in [0.15, 0.2) is 11.0 Å². The topological polar surface area (TPSA) is 59.8 Å². The third kappa shape index (κ3) is 5.39. The zero-order valence-corrected chi connectivity index (χ0v) is 20.2. The van der Waals surface area contributed by atoms with Crippen LogP contribution in [0.1, 0.15) is 24.6 Å². The van der Waals surface area contributed by atoms with Crippen molar-refractivity contribution in [3.63, 3.8) is 0 Å². The van der Waals surface area contributed by atoms with Gasteiger partial charge in [0, 0.05) is 22.4 Å². The molecule has 0 bridgehead atoms. The van der Waals surface area contributed by atoms with Crippen LogP contribution in [-0.4, -0.2) is 26.4 Å². The fourth-order valence-electron chi connectivity index (χ4n) is 2.61. The molecule has 0 atom stereocenters. The van der Waals surface area contributed by atoms with Gasteiger partial charge in [0.1, 0.15) is 0 Å². The highest BCUT2D eigenvalue weighted by atomic mass is 35.5. The number of carbonyl (C=O) groups excluding carboxylic acids is 1. The number of hydrogen-bond donors (Lipinski definition) is 1. The second-order valence-electron chi connectivity index (χ2n) is 6.68. The van der Waals surface area contributed by atoms with Crippen LogP contribution in [0, 0.1) is 0 Å². The maximum Gasteiger partial charge on any atom is 0.234 e. The van der Waals surface area contributed by atoms with Gasteiger partial charge in [0.2, 0.25) is 5.91 Å². The van der Waals surface area contributed by atoms with Crippen LogP contribution in [0.2, 0.25) is 15.1 Å². The molecular weight excluding hydrogens is 483 g/mol. The molecule has 0 aliphatic carbocycles. The Morgan fingerprint density at radius 2 is 1.97 bits per heavy atom. The molecule has 1 N–H and O–H groups in total. The maximum atomic E-state index is 12.4. The molecule has 0 saturated carbocycles. The van der Waals surface area contributed by atoms with Gasteiger partial charge >= 0.3 is 0 Å². The lowest BCUT2D eigenvalue weighted by Gasteiger charge is -2.09. The Bertz CT molecular complexity index is 1080. The minimum absolute atomic E-state index is 0.132. The number of benzene rings is 1. The van der Waals surface area contributed by atoms with Gasteiger partial charge in [0.05, 0.1) is 26.5 Å². The van der Waals surface area contributed by atoms with Gasteiger partial charge in [-0.25, -0.2) is 0 Å². The first kappa shape index (κ1) is 23.2. The second kappa shape index (κ2) is 10.2. The van der Waals surface area contributed by atoms with Crippen molar-refractivity contribution < 1.29 is 4.79 Å². The molecule has 1 aromatic carbocycles. The van der Waals surface area contributed by atoms with E-state index < -0.39 is 0 Å². The number of thiophene rings is 1. The third-order valence-electron chi connectivity index (χ3n) is 4.09. The average Bonchev–Trinajstić information content (AvgIpc) is 3.32. The largest absolute Gasteiger partial charge is 0.324 e. The summed E-state index contributed by atoms with van der Waals surface area (Å²) in [4.78, 5) is 13.7. The van der Waals surface area contributed by atoms with Crippen molar-refractivity contribution in [2.24, 2.45) is 0 Å². The number of anilines is 1. The van der Waals surface area contributed by atoms with E-state index in [4.69, 9.17) is 34.8 Å². The number of hydrogen-bond acceptors (Lipinski definition) is 5. The molecule has 0 spiro atoms. The Hall–Kier alpha value is -1.51. The molecular formula is C20H19Cl3N4OS2. The molecule has 3 rings (SSSR count). The van der Waals surface area contributed by atoms with Gasteiger partial charge < -0.3 is 5.32 Å². The molecule has 0 saturated heterocycles. The summed E-state index contributed by atoms with van der Waals surface area (Å²) in [5, 5.41) is 15.0. The van der Waals surface area contributed by atoms with Gasteiger partial charge in [-0.2, -0.15) is 0 Å². The van der Waals surface area contributed by atoms with Crippen LogP contribution in [0.15, 0.2) is 41.4 Å². The molecule has 2 aromatic heterocycles. The predicted octanol–water partition coefficient (Wildman–Crippen LogP) is 7.01. The Morgan fingerprint density at radius 1 is 1.23 bits per heavy atom. The second-order valence-corrected chi connectivity index (χ2v) is 9.79. The van der Waals surface area contributed by atoms with Gasteiger partial charge in [-0.3, -0.25) is 9.36 Å². The molecule has 0 radical (unpaired) electrons. The predicted molar refractivity (Wildman–Crippen MR) is 128 cm³/mol. The molecule has 0 unspecified atom stereocenters. The fourth-order valence-corrected chi connectivity index (χ4v) is 4.86. The fraction of sp³-hybridized carbons (Fsp3) is 0.250. The molecule has 0 fully saturated rings. The molecule has 10 heteroatoms. The number of nitrogens with one attached hydrogen (secondary N) is 1. The smallest absolute Gasteiger partial charge is 0.234 e. The van der Waals surface area contributed by atoms with Crippen LogP contribution >= 0.6 is 57.9 Å². The number of nitrogens with zero attached hydrogens (tertiary/aromatic N) is 3. The Balaban J connectivity index is 1.73. The van der Waals surface area contributed by atoms with Gasteiger partial charge in [-0.15, -0.1) is 28.1 Å². The van der Waals surface area contributed by atoms with E-state index in [1.165, 1.54) is 28.8 Å². The molecule has 0 aliphatic heterocycles. The first-order valence-electron chi connectivity index (χ1n) is 9.00. The monoisotopic (exact) mass is 500 g/mol. The first-order valence-corrected chi connectivity index (χ1v) is 12.0. The van der Waals surface area contributed by atoms with Gasteiger partial charge in [-0.1, -0.05) is 66.5 Å². The van der Waals surface area contributed by atoms with E-state index >= 15 is 0 Å². The molecule has 3 aromatic rings. The van der Waals surface area contributed by atoms with Crippen molar-refractivity contribution in [1.29, 1.82) is 0 Å². The first-order chi connectivity index (χ1) is 14.3. The zero-order valence-electron chi connectivity index (χ0n) is 16.3. The summed E-state index contributed by atoms with van der Waals surface area (Å²) in [6.07, 6.45) is 1.78. The normalized spacial score (nSPS) is 11.1. The van der Waals surface area contributed by atoms with Crippen LogP contribution in [0.3, 0.4) is 0 Å². The van der Waals surface area contributed by atoms with Gasteiger partial charge in [-0.05, 0) is 24.1 Å². The summed E-state index contributed by atoms with van der Waals surface area (Å²) in [6, 6.07) is 5.15. The van der Waals surface area contributed by atoms with Gasteiger partial charge in [0.25, 0.3) is 0 Å². The summed E-state index contributed by atoms with van der Waals surface area (Å²) in [5.41, 5.74) is 1.42. The standard InChI is InChI=1S/C20H19Cl3N4OS2/c1-4-5-27-19(12-6-17(11(2)3)29-9-12)25-26-20(27)30-10-18(28)24-16-8-14(22)13(21)7-15(16)23/h4,6-9,11H,1,5,10H2,2-3H3,(H,24,28). The lowest BCUT2D eigenvalue weighted by molar-refractivity contribution is -0.113. The summed E-state index contributed by atoms with van der Waals surface area (Å²) in [7, 11) is 0. The molecule has 1 amide bonds. The van der Waals surface area contributed by atoms with Crippen LogP contribution in [0.5, 0.6) is 0 Å². The van der Waals surface area contributed by atoms with E-state index in [-0.39, 0.29) is 11.7 Å². The number of aromatic nitrogens is 3. The quantitative estimate of drug-likeness (QED) is 0.205. The molecule has 2 heterocycles. The van der Waals surface area contributed by atoms with E-state index in [0.29, 0.717) is 38.4 Å². The minimum Gasteiger partial charge on any atom is -0.324 e. The molecule has 5 nitrogen and oxygen atoms in total. The number of amides is 1. The van der Waals surface area contributed by atoms with Crippen molar-refractivity contribution >= 4 is 69.5 Å². The van der Waals surface area contributed by atoms with Crippen LogP contribution in [0.4, 0.5) is 5.69 Å². The number of carbonyl (C=O) groups is 1. The van der Waals surface area contributed by atoms with Crippen molar-refractivity contribution in [3.8, 4) is 11.4 Å². The summed E-state index contributed by atoms with van der Waals surface area (Å²) in [5.74, 6) is 1.10. The lowest BCUT2D eigenvalue weighted by Crippen LogP contribution is -2.15. The molecule has 158 valence electrons. The number of allylic oxidation sites excluding steroid dienone is 1.